The van der Waals surface area contributed by atoms with E-state index >= 15 is 0 Å². The second-order valence-corrected chi connectivity index (χ2v) is 3.68. The van der Waals surface area contributed by atoms with Crippen molar-refractivity contribution in [1.29, 1.82) is 0 Å². The summed E-state index contributed by atoms with van der Waals surface area (Å²) in [7, 11) is 0. The lowest BCUT2D eigenvalue weighted by atomic mass is 10.1. The average Bonchev–Trinajstić information content (AvgIpc) is 1.82. The molecule has 0 spiro atoms. The van der Waals surface area contributed by atoms with Crippen LogP contribution in [0.15, 0.2) is 0 Å². The van der Waals surface area contributed by atoms with Crippen molar-refractivity contribution in [2.75, 3.05) is 6.61 Å². The average molecular weight is 144 g/mol. The molecule has 1 atom stereocenters. The first kappa shape index (κ1) is 9.96. The molecule has 0 aromatic carbocycles. The molecular formula is C9H20O. The molecule has 0 heterocycles. The molecule has 1 nitrogen and oxygen atoms in total. The third-order valence-corrected chi connectivity index (χ3v) is 1.63. The lowest BCUT2D eigenvalue weighted by Crippen LogP contribution is -2.18. The first-order valence-corrected chi connectivity index (χ1v) is 4.15. The lowest BCUT2D eigenvalue weighted by molar-refractivity contribution is 0.0199. The highest BCUT2D eigenvalue weighted by Gasteiger charge is 2.06. The Labute approximate surface area is 64.8 Å². The van der Waals surface area contributed by atoms with Crippen LogP contribution in [0.3, 0.4) is 0 Å². The van der Waals surface area contributed by atoms with E-state index in [1.54, 1.807) is 0 Å². The first-order valence-electron chi connectivity index (χ1n) is 4.15. The monoisotopic (exact) mass is 144 g/mol. The molecule has 0 aromatic rings. The third-order valence-electron chi connectivity index (χ3n) is 1.63. The molecule has 0 saturated heterocycles. The van der Waals surface area contributed by atoms with Crippen LogP contribution in [0.4, 0.5) is 0 Å². The van der Waals surface area contributed by atoms with Gasteiger partial charge in [0.15, 0.2) is 0 Å². The molecule has 0 N–H and O–H groups in total. The highest BCUT2D eigenvalue weighted by atomic mass is 16.5. The number of hydrogen-bond donors (Lipinski definition) is 0. The summed E-state index contributed by atoms with van der Waals surface area (Å²) in [5, 5.41) is 0. The third kappa shape index (κ3) is 4.80. The molecule has 0 rings (SSSR count). The maximum atomic E-state index is 5.56. The summed E-state index contributed by atoms with van der Waals surface area (Å²) in [6.07, 6.45) is 0.405. The second-order valence-electron chi connectivity index (χ2n) is 3.68. The molecule has 0 saturated carbocycles. The van der Waals surface area contributed by atoms with Gasteiger partial charge in [-0.15, -0.1) is 0 Å². The van der Waals surface area contributed by atoms with Crippen LogP contribution in [-0.4, -0.2) is 12.7 Å². The standard InChI is InChI=1S/C9H20O/c1-7(2)6-10-9(5)8(3)4/h7-9H,6H2,1-5H3/t9-/m1/s1. The largest absolute Gasteiger partial charge is 0.378 e. The summed E-state index contributed by atoms with van der Waals surface area (Å²) in [6.45, 7) is 11.7. The van der Waals surface area contributed by atoms with E-state index in [-0.39, 0.29) is 0 Å². The summed E-state index contributed by atoms with van der Waals surface area (Å²) in [6, 6.07) is 0. The van der Waals surface area contributed by atoms with Crippen LogP contribution in [0.2, 0.25) is 0 Å². The summed E-state index contributed by atoms with van der Waals surface area (Å²) in [5.41, 5.74) is 0. The van der Waals surface area contributed by atoms with Crippen LogP contribution in [0, 0.1) is 11.8 Å². The van der Waals surface area contributed by atoms with Crippen molar-refractivity contribution in [3.05, 3.63) is 0 Å². The van der Waals surface area contributed by atoms with Crippen LogP contribution in [-0.2, 0) is 4.74 Å². The Bertz CT molecular complexity index is 76.8. The van der Waals surface area contributed by atoms with Crippen molar-refractivity contribution >= 4 is 0 Å². The van der Waals surface area contributed by atoms with Gasteiger partial charge in [0.05, 0.1) is 6.10 Å². The van der Waals surface area contributed by atoms with E-state index in [1.807, 2.05) is 0 Å². The second kappa shape index (κ2) is 4.73. The van der Waals surface area contributed by atoms with Crippen LogP contribution in [0.1, 0.15) is 34.6 Å². The Balaban J connectivity index is 3.30. The summed E-state index contributed by atoms with van der Waals surface area (Å²) < 4.78 is 5.56. The van der Waals surface area contributed by atoms with Crippen molar-refractivity contribution in [2.45, 2.75) is 40.7 Å². The van der Waals surface area contributed by atoms with Gasteiger partial charge in [0.1, 0.15) is 0 Å². The zero-order chi connectivity index (χ0) is 8.15. The van der Waals surface area contributed by atoms with E-state index < -0.39 is 0 Å². The van der Waals surface area contributed by atoms with Crippen LogP contribution in [0.5, 0.6) is 0 Å². The molecular weight excluding hydrogens is 124 g/mol. The van der Waals surface area contributed by atoms with Crippen molar-refractivity contribution in [1.82, 2.24) is 0 Å². The normalized spacial score (nSPS) is 14.7. The van der Waals surface area contributed by atoms with E-state index in [4.69, 9.17) is 4.74 Å². The van der Waals surface area contributed by atoms with E-state index in [1.165, 1.54) is 0 Å². The minimum Gasteiger partial charge on any atom is -0.378 e. The Morgan fingerprint density at radius 3 is 1.80 bits per heavy atom. The van der Waals surface area contributed by atoms with Gasteiger partial charge in [0.2, 0.25) is 0 Å². The lowest BCUT2D eigenvalue weighted by Gasteiger charge is -2.17. The fourth-order valence-corrected chi connectivity index (χ4v) is 0.537. The smallest absolute Gasteiger partial charge is 0.0570 e. The van der Waals surface area contributed by atoms with Gasteiger partial charge in [-0.3, -0.25) is 0 Å². The predicted octanol–water partition coefficient (Wildman–Crippen LogP) is 2.70. The van der Waals surface area contributed by atoms with Crippen molar-refractivity contribution in [3.63, 3.8) is 0 Å². The van der Waals surface area contributed by atoms with Gasteiger partial charge in [0, 0.05) is 6.61 Å². The number of ether oxygens (including phenoxy) is 1. The molecule has 0 unspecified atom stereocenters. The van der Waals surface area contributed by atoms with Gasteiger partial charge >= 0.3 is 0 Å². The van der Waals surface area contributed by atoms with Crippen molar-refractivity contribution < 1.29 is 4.74 Å². The van der Waals surface area contributed by atoms with Crippen LogP contribution in [0.25, 0.3) is 0 Å². The topological polar surface area (TPSA) is 9.23 Å². The fraction of sp³-hybridized carbons (Fsp3) is 1.00. The SMILES string of the molecule is CC(C)CO[C@H](C)C(C)C. The van der Waals surface area contributed by atoms with Gasteiger partial charge in [-0.25, -0.2) is 0 Å². The predicted molar refractivity (Wildman–Crippen MR) is 45.1 cm³/mol. The number of rotatable bonds is 4. The van der Waals surface area contributed by atoms with Gasteiger partial charge in [-0.1, -0.05) is 27.7 Å². The Kier molecular flexibility index (Phi) is 4.71. The summed E-state index contributed by atoms with van der Waals surface area (Å²) in [4.78, 5) is 0. The van der Waals surface area contributed by atoms with Gasteiger partial charge < -0.3 is 4.74 Å². The molecule has 0 radical (unpaired) electrons. The zero-order valence-corrected chi connectivity index (χ0v) is 7.85. The minimum absolute atomic E-state index is 0.405. The molecule has 0 fully saturated rings. The Morgan fingerprint density at radius 2 is 1.50 bits per heavy atom. The molecule has 0 bridgehead atoms. The molecule has 1 heteroatoms. The quantitative estimate of drug-likeness (QED) is 0.589. The maximum absolute atomic E-state index is 5.56. The van der Waals surface area contributed by atoms with E-state index in [2.05, 4.69) is 34.6 Å². The number of hydrogen-bond acceptors (Lipinski definition) is 1. The first-order chi connectivity index (χ1) is 4.54. The zero-order valence-electron chi connectivity index (χ0n) is 7.85. The fourth-order valence-electron chi connectivity index (χ4n) is 0.537. The molecule has 0 amide bonds. The Morgan fingerprint density at radius 1 is 1.00 bits per heavy atom. The highest BCUT2D eigenvalue weighted by molar-refractivity contribution is 4.54. The van der Waals surface area contributed by atoms with E-state index in [9.17, 15) is 0 Å². The summed E-state index contributed by atoms with van der Waals surface area (Å²) in [5.74, 6) is 1.29. The molecule has 10 heavy (non-hydrogen) atoms. The van der Waals surface area contributed by atoms with Crippen molar-refractivity contribution in [2.24, 2.45) is 11.8 Å². The van der Waals surface area contributed by atoms with Gasteiger partial charge in [-0.2, -0.15) is 0 Å². The molecule has 62 valence electrons. The van der Waals surface area contributed by atoms with Crippen LogP contribution >= 0.6 is 0 Å². The maximum Gasteiger partial charge on any atom is 0.0570 e. The van der Waals surface area contributed by atoms with Gasteiger partial charge in [0.25, 0.3) is 0 Å². The minimum atomic E-state index is 0.405. The van der Waals surface area contributed by atoms with E-state index in [0.717, 1.165) is 6.61 Å². The van der Waals surface area contributed by atoms with Gasteiger partial charge in [-0.05, 0) is 18.8 Å². The molecule has 0 aliphatic carbocycles. The molecule has 0 aliphatic rings. The highest BCUT2D eigenvalue weighted by Crippen LogP contribution is 2.06. The Hall–Kier alpha value is -0.0400. The summed E-state index contributed by atoms with van der Waals surface area (Å²) >= 11 is 0. The molecule has 0 aliphatic heterocycles. The van der Waals surface area contributed by atoms with Crippen LogP contribution < -0.4 is 0 Å². The van der Waals surface area contributed by atoms with E-state index in [0.29, 0.717) is 17.9 Å². The van der Waals surface area contributed by atoms with Crippen molar-refractivity contribution in [3.8, 4) is 0 Å². The molecule has 0 aromatic heterocycles.